The molecular weight excluding hydrogens is 283 g/mol. The molecule has 0 fully saturated rings. The largest absolute Gasteiger partial charge is 0.508 e. The molecule has 0 saturated heterocycles. The van der Waals surface area contributed by atoms with E-state index in [0.717, 1.165) is 3.57 Å². The van der Waals surface area contributed by atoms with Crippen molar-refractivity contribution in [2.24, 2.45) is 0 Å². The van der Waals surface area contributed by atoms with E-state index in [1.165, 1.54) is 13.2 Å². The van der Waals surface area contributed by atoms with Crippen LogP contribution in [0.4, 0.5) is 0 Å². The number of ether oxygens (including phenoxy) is 1. The van der Waals surface area contributed by atoms with Gasteiger partial charge in [0.05, 0.1) is 13.2 Å². The van der Waals surface area contributed by atoms with Crippen LogP contribution in [0, 0.1) is 3.57 Å². The minimum Gasteiger partial charge on any atom is -0.508 e. The summed E-state index contributed by atoms with van der Waals surface area (Å²) in [7, 11) is 1.51. The summed E-state index contributed by atoms with van der Waals surface area (Å²) in [4.78, 5) is 0. The molecule has 0 aromatic heterocycles. The standard InChI is InChI=1S/C9H11IO3/c1-5(11)9-7(10)3-6(12)4-8(9)13-2/h3-5,11-12H,1-2H3. The van der Waals surface area contributed by atoms with Gasteiger partial charge < -0.3 is 14.9 Å². The Labute approximate surface area is 90.5 Å². The topological polar surface area (TPSA) is 49.7 Å². The zero-order valence-corrected chi connectivity index (χ0v) is 9.57. The summed E-state index contributed by atoms with van der Waals surface area (Å²) in [6, 6.07) is 3.08. The Morgan fingerprint density at radius 1 is 1.46 bits per heavy atom. The van der Waals surface area contributed by atoms with Crippen molar-refractivity contribution in [1.82, 2.24) is 0 Å². The zero-order valence-electron chi connectivity index (χ0n) is 7.41. The Morgan fingerprint density at radius 2 is 2.08 bits per heavy atom. The fourth-order valence-corrected chi connectivity index (χ4v) is 2.19. The number of hydrogen-bond donors (Lipinski definition) is 2. The summed E-state index contributed by atoms with van der Waals surface area (Å²) in [6.45, 7) is 1.66. The van der Waals surface area contributed by atoms with E-state index < -0.39 is 6.10 Å². The maximum Gasteiger partial charge on any atom is 0.129 e. The van der Waals surface area contributed by atoms with Gasteiger partial charge in [-0.05, 0) is 35.6 Å². The lowest BCUT2D eigenvalue weighted by atomic mass is 10.1. The quantitative estimate of drug-likeness (QED) is 0.821. The van der Waals surface area contributed by atoms with Gasteiger partial charge in [0.2, 0.25) is 0 Å². The Morgan fingerprint density at radius 3 is 2.54 bits per heavy atom. The third kappa shape index (κ3) is 2.25. The average molecular weight is 294 g/mol. The summed E-state index contributed by atoms with van der Waals surface area (Å²) in [6.07, 6.45) is -0.595. The van der Waals surface area contributed by atoms with Gasteiger partial charge in [0.15, 0.2) is 0 Å². The molecule has 0 aliphatic heterocycles. The molecule has 3 nitrogen and oxygen atoms in total. The van der Waals surface area contributed by atoms with E-state index in [9.17, 15) is 10.2 Å². The highest BCUT2D eigenvalue weighted by atomic mass is 127. The van der Waals surface area contributed by atoms with Gasteiger partial charge in [-0.15, -0.1) is 0 Å². The fraction of sp³-hybridized carbons (Fsp3) is 0.333. The second-order valence-electron chi connectivity index (χ2n) is 2.72. The molecule has 0 spiro atoms. The van der Waals surface area contributed by atoms with Crippen molar-refractivity contribution in [3.63, 3.8) is 0 Å². The number of benzene rings is 1. The third-order valence-corrected chi connectivity index (χ3v) is 2.61. The van der Waals surface area contributed by atoms with Crippen LogP contribution in [-0.4, -0.2) is 17.3 Å². The number of hydrogen-bond acceptors (Lipinski definition) is 3. The fourth-order valence-electron chi connectivity index (χ4n) is 1.15. The van der Waals surface area contributed by atoms with Crippen LogP contribution in [0.2, 0.25) is 0 Å². The average Bonchev–Trinajstić information content (AvgIpc) is 2.01. The summed E-state index contributed by atoms with van der Waals surface area (Å²) < 4.78 is 5.84. The number of aromatic hydroxyl groups is 1. The highest BCUT2D eigenvalue weighted by Crippen LogP contribution is 2.33. The van der Waals surface area contributed by atoms with Crippen LogP contribution in [0.15, 0.2) is 12.1 Å². The van der Waals surface area contributed by atoms with E-state index in [1.807, 2.05) is 0 Å². The molecule has 0 amide bonds. The molecule has 2 N–H and O–H groups in total. The van der Waals surface area contributed by atoms with Gasteiger partial charge in [-0.3, -0.25) is 0 Å². The van der Waals surface area contributed by atoms with E-state index in [-0.39, 0.29) is 5.75 Å². The van der Waals surface area contributed by atoms with Gasteiger partial charge in [-0.25, -0.2) is 0 Å². The van der Waals surface area contributed by atoms with E-state index in [0.29, 0.717) is 11.3 Å². The third-order valence-electron chi connectivity index (χ3n) is 1.71. The minimum atomic E-state index is -0.595. The molecule has 13 heavy (non-hydrogen) atoms. The van der Waals surface area contributed by atoms with Crippen molar-refractivity contribution in [2.45, 2.75) is 13.0 Å². The Kier molecular flexibility index (Phi) is 3.38. The van der Waals surface area contributed by atoms with E-state index in [2.05, 4.69) is 22.6 Å². The maximum atomic E-state index is 9.44. The molecule has 0 heterocycles. The monoisotopic (exact) mass is 294 g/mol. The molecule has 0 saturated carbocycles. The number of phenols is 1. The Bertz CT molecular complexity index is 310. The molecule has 0 aliphatic carbocycles. The number of phenolic OH excluding ortho intramolecular Hbond substituents is 1. The lowest BCUT2D eigenvalue weighted by molar-refractivity contribution is 0.193. The van der Waals surface area contributed by atoms with Crippen LogP contribution in [0.25, 0.3) is 0 Å². The summed E-state index contributed by atoms with van der Waals surface area (Å²) in [5.74, 6) is 0.657. The van der Waals surface area contributed by atoms with Crippen molar-refractivity contribution in [3.8, 4) is 11.5 Å². The normalized spacial score (nSPS) is 12.6. The lowest BCUT2D eigenvalue weighted by Gasteiger charge is -2.13. The van der Waals surface area contributed by atoms with Gasteiger partial charge in [0.25, 0.3) is 0 Å². The van der Waals surface area contributed by atoms with E-state index in [4.69, 9.17) is 4.74 Å². The number of halogens is 1. The van der Waals surface area contributed by atoms with E-state index in [1.54, 1.807) is 13.0 Å². The Balaban J connectivity index is 3.30. The van der Waals surface area contributed by atoms with Crippen LogP contribution in [0.5, 0.6) is 11.5 Å². The molecule has 0 bridgehead atoms. The van der Waals surface area contributed by atoms with Crippen molar-refractivity contribution in [1.29, 1.82) is 0 Å². The first-order valence-electron chi connectivity index (χ1n) is 3.80. The molecule has 1 unspecified atom stereocenters. The van der Waals surface area contributed by atoms with Crippen molar-refractivity contribution >= 4 is 22.6 Å². The van der Waals surface area contributed by atoms with Gasteiger partial charge >= 0.3 is 0 Å². The van der Waals surface area contributed by atoms with Crippen molar-refractivity contribution < 1.29 is 14.9 Å². The van der Waals surface area contributed by atoms with Crippen LogP contribution >= 0.6 is 22.6 Å². The second-order valence-corrected chi connectivity index (χ2v) is 3.88. The number of aliphatic hydroxyl groups excluding tert-OH is 1. The molecule has 1 atom stereocenters. The SMILES string of the molecule is COc1cc(O)cc(I)c1C(C)O. The number of aliphatic hydroxyl groups is 1. The molecule has 0 aliphatic rings. The first kappa shape index (κ1) is 10.6. The summed E-state index contributed by atoms with van der Waals surface area (Å²) in [5, 5.41) is 18.7. The van der Waals surface area contributed by atoms with Crippen LogP contribution < -0.4 is 4.74 Å². The minimum absolute atomic E-state index is 0.144. The predicted molar refractivity (Wildman–Crippen MR) is 58.0 cm³/mol. The summed E-state index contributed by atoms with van der Waals surface area (Å²) >= 11 is 2.05. The second kappa shape index (κ2) is 4.15. The van der Waals surface area contributed by atoms with Crippen molar-refractivity contribution in [2.75, 3.05) is 7.11 Å². The van der Waals surface area contributed by atoms with Crippen LogP contribution in [0.3, 0.4) is 0 Å². The number of rotatable bonds is 2. The Hall–Kier alpha value is -0.490. The van der Waals surface area contributed by atoms with Gasteiger partial charge in [0.1, 0.15) is 11.5 Å². The first-order chi connectivity index (χ1) is 6.06. The molecule has 1 rings (SSSR count). The van der Waals surface area contributed by atoms with E-state index >= 15 is 0 Å². The zero-order chi connectivity index (χ0) is 10.0. The molecule has 72 valence electrons. The molecule has 1 aromatic rings. The molecule has 4 heteroatoms. The highest BCUT2D eigenvalue weighted by molar-refractivity contribution is 14.1. The lowest BCUT2D eigenvalue weighted by Crippen LogP contribution is -1.99. The smallest absolute Gasteiger partial charge is 0.129 e. The first-order valence-corrected chi connectivity index (χ1v) is 4.88. The number of methoxy groups -OCH3 is 1. The summed E-state index contributed by atoms with van der Waals surface area (Å²) in [5.41, 5.74) is 0.709. The maximum absolute atomic E-state index is 9.44. The molecule has 1 aromatic carbocycles. The van der Waals surface area contributed by atoms with Crippen LogP contribution in [0.1, 0.15) is 18.6 Å². The molecule has 0 radical (unpaired) electrons. The molecular formula is C9H11IO3. The van der Waals surface area contributed by atoms with Gasteiger partial charge in [-0.2, -0.15) is 0 Å². The predicted octanol–water partition coefficient (Wildman–Crippen LogP) is 2.06. The van der Waals surface area contributed by atoms with Gasteiger partial charge in [-0.1, -0.05) is 0 Å². The van der Waals surface area contributed by atoms with Gasteiger partial charge in [0, 0.05) is 15.2 Å². The van der Waals surface area contributed by atoms with Crippen LogP contribution in [-0.2, 0) is 0 Å². The highest BCUT2D eigenvalue weighted by Gasteiger charge is 2.13. The van der Waals surface area contributed by atoms with Crippen molar-refractivity contribution in [3.05, 3.63) is 21.3 Å².